The summed E-state index contributed by atoms with van der Waals surface area (Å²) in [7, 11) is 1.66. The van der Waals surface area contributed by atoms with Crippen molar-refractivity contribution in [3.63, 3.8) is 0 Å². The van der Waals surface area contributed by atoms with Crippen LogP contribution in [0.5, 0.6) is 5.75 Å². The average molecular weight is 256 g/mol. The smallest absolute Gasteiger partial charge is 0.143 e. The van der Waals surface area contributed by atoms with Crippen LogP contribution in [0.25, 0.3) is 20.9 Å². The highest BCUT2D eigenvalue weighted by molar-refractivity contribution is 7.21. The van der Waals surface area contributed by atoms with Gasteiger partial charge in [0.2, 0.25) is 0 Å². The molecular formula is C14H12N2OS. The number of pyridine rings is 1. The van der Waals surface area contributed by atoms with Crippen LogP contribution in [-0.2, 0) is 0 Å². The van der Waals surface area contributed by atoms with E-state index in [9.17, 15) is 0 Å². The van der Waals surface area contributed by atoms with Crippen LogP contribution in [-0.4, -0.2) is 17.1 Å². The fraction of sp³-hybridized carbons (Fsp3) is 0.143. The van der Waals surface area contributed by atoms with Crippen molar-refractivity contribution in [1.82, 2.24) is 9.97 Å². The van der Waals surface area contributed by atoms with Crippen molar-refractivity contribution in [2.75, 3.05) is 7.11 Å². The van der Waals surface area contributed by atoms with E-state index in [2.05, 4.69) is 9.97 Å². The molecule has 0 aliphatic carbocycles. The van der Waals surface area contributed by atoms with Gasteiger partial charge in [0.1, 0.15) is 10.8 Å². The van der Waals surface area contributed by atoms with Crippen molar-refractivity contribution in [1.29, 1.82) is 0 Å². The van der Waals surface area contributed by atoms with E-state index in [1.807, 2.05) is 43.3 Å². The Kier molecular flexibility index (Phi) is 2.72. The number of benzene rings is 1. The highest BCUT2D eigenvalue weighted by Crippen LogP contribution is 2.31. The summed E-state index contributed by atoms with van der Waals surface area (Å²) in [5, 5.41) is 0.946. The van der Waals surface area contributed by atoms with Crippen LogP contribution in [0.2, 0.25) is 0 Å². The fourth-order valence-electron chi connectivity index (χ4n) is 1.81. The Labute approximate surface area is 109 Å². The van der Waals surface area contributed by atoms with Gasteiger partial charge < -0.3 is 4.74 Å². The Morgan fingerprint density at radius 2 is 2.00 bits per heavy atom. The molecule has 0 fully saturated rings. The molecule has 0 unspecified atom stereocenters. The van der Waals surface area contributed by atoms with Crippen LogP contribution in [0, 0.1) is 6.92 Å². The Morgan fingerprint density at radius 1 is 1.11 bits per heavy atom. The van der Waals surface area contributed by atoms with E-state index >= 15 is 0 Å². The van der Waals surface area contributed by atoms with Crippen molar-refractivity contribution >= 4 is 21.6 Å². The first-order valence-corrected chi connectivity index (χ1v) is 6.46. The van der Waals surface area contributed by atoms with Gasteiger partial charge in [-0.25, -0.2) is 4.98 Å². The summed E-state index contributed by atoms with van der Waals surface area (Å²) in [5.74, 6) is 0.830. The van der Waals surface area contributed by atoms with Crippen molar-refractivity contribution in [2.24, 2.45) is 0 Å². The molecule has 3 aromatic rings. The number of aryl methyl sites for hydroxylation is 1. The molecule has 0 aliphatic rings. The number of hydrogen-bond acceptors (Lipinski definition) is 4. The topological polar surface area (TPSA) is 35.0 Å². The van der Waals surface area contributed by atoms with Gasteiger partial charge >= 0.3 is 0 Å². The number of fused-ring (bicyclic) bond motifs is 1. The molecule has 90 valence electrons. The van der Waals surface area contributed by atoms with E-state index in [0.29, 0.717) is 0 Å². The zero-order chi connectivity index (χ0) is 12.5. The molecule has 0 amide bonds. The Hall–Kier alpha value is -1.94. The molecule has 0 saturated carbocycles. The summed E-state index contributed by atoms with van der Waals surface area (Å²) in [6, 6.07) is 11.9. The predicted octanol–water partition coefficient (Wildman–Crippen LogP) is 3.68. The molecule has 2 aromatic heterocycles. The highest BCUT2D eigenvalue weighted by Gasteiger charge is 2.08. The lowest BCUT2D eigenvalue weighted by Gasteiger charge is -1.96. The Balaban J connectivity index is 2.13. The minimum absolute atomic E-state index is 0.830. The van der Waals surface area contributed by atoms with Crippen LogP contribution in [0.15, 0.2) is 36.4 Å². The monoisotopic (exact) mass is 256 g/mol. The highest BCUT2D eigenvalue weighted by atomic mass is 32.1. The second-order valence-electron chi connectivity index (χ2n) is 4.02. The lowest BCUT2D eigenvalue weighted by atomic mass is 10.3. The van der Waals surface area contributed by atoms with Crippen molar-refractivity contribution in [3.05, 3.63) is 42.1 Å². The summed E-state index contributed by atoms with van der Waals surface area (Å²) in [6.45, 7) is 1.99. The molecule has 0 saturated heterocycles. The second-order valence-corrected chi connectivity index (χ2v) is 5.05. The molecule has 2 heterocycles. The zero-order valence-electron chi connectivity index (χ0n) is 10.2. The molecule has 0 aliphatic heterocycles. The first-order valence-electron chi connectivity index (χ1n) is 5.65. The minimum atomic E-state index is 0.830. The summed E-state index contributed by atoms with van der Waals surface area (Å²) in [6.07, 6.45) is 0. The van der Waals surface area contributed by atoms with E-state index in [-0.39, 0.29) is 0 Å². The van der Waals surface area contributed by atoms with Gasteiger partial charge in [-0.1, -0.05) is 6.07 Å². The number of nitrogens with zero attached hydrogens (tertiary/aromatic N) is 2. The van der Waals surface area contributed by atoms with Gasteiger partial charge in [-0.3, -0.25) is 4.98 Å². The number of hydrogen-bond donors (Lipinski definition) is 0. The van der Waals surface area contributed by atoms with Gasteiger partial charge in [0.25, 0.3) is 0 Å². The lowest BCUT2D eigenvalue weighted by Crippen LogP contribution is -1.84. The standard InChI is InChI=1S/C14H12N2OS/c1-9-4-3-5-11(15-9)14-16-12-8-10(17-2)6-7-13(12)18-14/h3-8H,1-2H3. The maximum atomic E-state index is 5.21. The maximum absolute atomic E-state index is 5.21. The van der Waals surface area contributed by atoms with E-state index in [4.69, 9.17) is 4.74 Å². The van der Waals surface area contributed by atoms with Gasteiger partial charge in [0, 0.05) is 11.8 Å². The fourth-order valence-corrected chi connectivity index (χ4v) is 2.72. The number of methoxy groups -OCH3 is 1. The third kappa shape index (κ3) is 1.95. The first-order chi connectivity index (χ1) is 8.76. The zero-order valence-corrected chi connectivity index (χ0v) is 11.0. The van der Waals surface area contributed by atoms with Gasteiger partial charge in [-0.15, -0.1) is 11.3 Å². The Bertz CT molecular complexity index is 706. The molecule has 0 atom stereocenters. The van der Waals surface area contributed by atoms with Gasteiger partial charge in [0.05, 0.1) is 23.0 Å². The van der Waals surface area contributed by atoms with E-state index < -0.39 is 0 Å². The van der Waals surface area contributed by atoms with Crippen LogP contribution >= 0.6 is 11.3 Å². The molecule has 18 heavy (non-hydrogen) atoms. The third-order valence-corrected chi connectivity index (χ3v) is 3.76. The molecule has 3 nitrogen and oxygen atoms in total. The molecule has 0 spiro atoms. The number of rotatable bonds is 2. The SMILES string of the molecule is COc1ccc2sc(-c3cccc(C)n3)nc2c1. The van der Waals surface area contributed by atoms with Gasteiger partial charge in [-0.05, 0) is 31.2 Å². The van der Waals surface area contributed by atoms with E-state index in [0.717, 1.165) is 32.4 Å². The summed E-state index contributed by atoms with van der Waals surface area (Å²) < 4.78 is 6.35. The van der Waals surface area contributed by atoms with Crippen molar-refractivity contribution in [3.8, 4) is 16.5 Å². The summed E-state index contributed by atoms with van der Waals surface area (Å²) >= 11 is 1.65. The minimum Gasteiger partial charge on any atom is -0.497 e. The summed E-state index contributed by atoms with van der Waals surface area (Å²) in [4.78, 5) is 9.11. The molecule has 4 heteroatoms. The normalized spacial score (nSPS) is 10.8. The molecule has 0 N–H and O–H groups in total. The predicted molar refractivity (Wildman–Crippen MR) is 74.1 cm³/mol. The van der Waals surface area contributed by atoms with E-state index in [1.165, 1.54) is 0 Å². The van der Waals surface area contributed by atoms with Crippen molar-refractivity contribution in [2.45, 2.75) is 6.92 Å². The quantitative estimate of drug-likeness (QED) is 0.701. The van der Waals surface area contributed by atoms with E-state index in [1.54, 1.807) is 18.4 Å². The van der Waals surface area contributed by atoms with Crippen molar-refractivity contribution < 1.29 is 4.74 Å². The largest absolute Gasteiger partial charge is 0.497 e. The average Bonchev–Trinajstić information content (AvgIpc) is 2.81. The number of aromatic nitrogens is 2. The molecule has 3 rings (SSSR count). The molecular weight excluding hydrogens is 244 g/mol. The van der Waals surface area contributed by atoms with Gasteiger partial charge in [0.15, 0.2) is 0 Å². The van der Waals surface area contributed by atoms with Gasteiger partial charge in [-0.2, -0.15) is 0 Å². The van der Waals surface area contributed by atoms with Crippen LogP contribution in [0.1, 0.15) is 5.69 Å². The molecule has 0 bridgehead atoms. The van der Waals surface area contributed by atoms with Crippen LogP contribution < -0.4 is 4.74 Å². The number of thiazole rings is 1. The second kappa shape index (κ2) is 4.38. The maximum Gasteiger partial charge on any atom is 0.143 e. The lowest BCUT2D eigenvalue weighted by molar-refractivity contribution is 0.415. The molecule has 0 radical (unpaired) electrons. The third-order valence-electron chi connectivity index (χ3n) is 2.70. The summed E-state index contributed by atoms with van der Waals surface area (Å²) in [5.41, 5.74) is 2.89. The van der Waals surface area contributed by atoms with Crippen LogP contribution in [0.3, 0.4) is 0 Å². The van der Waals surface area contributed by atoms with Crippen LogP contribution in [0.4, 0.5) is 0 Å². The molecule has 1 aromatic carbocycles. The first kappa shape index (κ1) is 11.2. The Morgan fingerprint density at radius 3 is 2.78 bits per heavy atom. The number of ether oxygens (including phenoxy) is 1.